The average Bonchev–Trinajstić information content (AvgIpc) is 2.36. The maximum Gasteiger partial charge on any atom is 0.303 e. The van der Waals surface area contributed by atoms with Crippen LogP contribution in [0.4, 0.5) is 0 Å². The Bertz CT molecular complexity index is 536. The maximum atomic E-state index is 11.2. The van der Waals surface area contributed by atoms with Gasteiger partial charge in [-0.25, -0.2) is 0 Å². The van der Waals surface area contributed by atoms with Crippen molar-refractivity contribution < 1.29 is 22.9 Å². The topological polar surface area (TPSA) is 91.7 Å². The van der Waals surface area contributed by atoms with Crippen molar-refractivity contribution in [3.63, 3.8) is 0 Å². The molecule has 0 fully saturated rings. The van der Waals surface area contributed by atoms with Crippen LogP contribution in [0.15, 0.2) is 29.2 Å². The molecule has 0 amide bonds. The van der Waals surface area contributed by atoms with Gasteiger partial charge in [0.2, 0.25) is 0 Å². The first-order valence-corrected chi connectivity index (χ1v) is 8.12. The minimum Gasteiger partial charge on any atom is -0.481 e. The number of carboxylic acids is 1. The van der Waals surface area contributed by atoms with Gasteiger partial charge in [0.25, 0.3) is 10.1 Å². The molecule has 0 aliphatic rings. The highest BCUT2D eigenvalue weighted by molar-refractivity contribution is 7.85. The Kier molecular flexibility index (Phi) is 6.67. The molecule has 6 heteroatoms. The predicted octanol–water partition coefficient (Wildman–Crippen LogP) is 2.90. The van der Waals surface area contributed by atoms with Gasteiger partial charge in [-0.2, -0.15) is 8.42 Å². The highest BCUT2D eigenvalue weighted by atomic mass is 32.2. The molecule has 0 saturated carbocycles. The van der Waals surface area contributed by atoms with Gasteiger partial charge >= 0.3 is 5.97 Å². The summed E-state index contributed by atoms with van der Waals surface area (Å²) in [5, 5.41) is 8.49. The molecule has 1 rings (SSSR count). The second kappa shape index (κ2) is 8.01. The smallest absolute Gasteiger partial charge is 0.303 e. The summed E-state index contributed by atoms with van der Waals surface area (Å²) < 4.78 is 31.5. The largest absolute Gasteiger partial charge is 0.481 e. The monoisotopic (exact) mass is 300 g/mol. The number of carbonyl (C=O) groups is 1. The summed E-state index contributed by atoms with van der Waals surface area (Å²) in [7, 11) is -4.16. The van der Waals surface area contributed by atoms with Crippen molar-refractivity contribution in [3.05, 3.63) is 29.8 Å². The number of carboxylic acid groups (broad SMARTS) is 1. The van der Waals surface area contributed by atoms with Gasteiger partial charge in [-0.15, -0.1) is 0 Å². The highest BCUT2D eigenvalue weighted by Crippen LogP contribution is 2.18. The predicted molar refractivity (Wildman–Crippen MR) is 75.3 cm³/mol. The van der Waals surface area contributed by atoms with E-state index < -0.39 is 16.1 Å². The lowest BCUT2D eigenvalue weighted by Gasteiger charge is -2.06. The first kappa shape index (κ1) is 16.7. The number of benzene rings is 1. The molecule has 5 nitrogen and oxygen atoms in total. The van der Waals surface area contributed by atoms with Gasteiger partial charge in [0.05, 0.1) is 4.90 Å². The standard InChI is InChI=1S/C14H20O5S/c15-14(16)11-5-3-1-2-4-8-12-9-6-7-10-13(12)20(17,18)19/h6-7,9-10H,1-5,8,11H2,(H,15,16)(H,17,18,19). The molecule has 0 bridgehead atoms. The maximum absolute atomic E-state index is 11.2. The molecule has 0 spiro atoms. The summed E-state index contributed by atoms with van der Waals surface area (Å²) in [6.07, 6.45) is 5.00. The number of aliphatic carboxylic acids is 1. The lowest BCUT2D eigenvalue weighted by molar-refractivity contribution is -0.137. The van der Waals surface area contributed by atoms with E-state index in [4.69, 9.17) is 9.66 Å². The van der Waals surface area contributed by atoms with E-state index in [1.807, 2.05) is 0 Å². The molecule has 0 heterocycles. The molecule has 0 atom stereocenters. The van der Waals surface area contributed by atoms with Crippen molar-refractivity contribution in [2.24, 2.45) is 0 Å². The Labute approximate surface area is 119 Å². The van der Waals surface area contributed by atoms with Gasteiger partial charge < -0.3 is 5.11 Å². The van der Waals surface area contributed by atoms with E-state index >= 15 is 0 Å². The molecule has 1 aromatic carbocycles. The summed E-state index contributed by atoms with van der Waals surface area (Å²) in [5.74, 6) is -0.771. The minimum absolute atomic E-state index is 0.0223. The summed E-state index contributed by atoms with van der Waals surface area (Å²) >= 11 is 0. The molecule has 0 saturated heterocycles. The first-order valence-electron chi connectivity index (χ1n) is 6.68. The van der Waals surface area contributed by atoms with E-state index in [9.17, 15) is 13.2 Å². The zero-order chi connectivity index (χ0) is 15.0. The Morgan fingerprint density at radius 3 is 2.25 bits per heavy atom. The second-order valence-electron chi connectivity index (χ2n) is 4.74. The van der Waals surface area contributed by atoms with Crippen molar-refractivity contribution in [2.75, 3.05) is 0 Å². The lowest BCUT2D eigenvalue weighted by Crippen LogP contribution is -2.03. The van der Waals surface area contributed by atoms with Gasteiger partial charge in [-0.3, -0.25) is 9.35 Å². The van der Waals surface area contributed by atoms with Gasteiger partial charge in [-0.05, 0) is 30.9 Å². The fourth-order valence-electron chi connectivity index (χ4n) is 2.08. The van der Waals surface area contributed by atoms with Gasteiger partial charge in [0.1, 0.15) is 0 Å². The van der Waals surface area contributed by atoms with Crippen LogP contribution in [-0.4, -0.2) is 24.0 Å². The van der Waals surface area contributed by atoms with Crippen molar-refractivity contribution in [1.82, 2.24) is 0 Å². The van der Waals surface area contributed by atoms with E-state index in [0.29, 0.717) is 18.4 Å². The molecular weight excluding hydrogens is 280 g/mol. The summed E-state index contributed by atoms with van der Waals surface area (Å²) in [4.78, 5) is 10.3. The average molecular weight is 300 g/mol. The number of unbranched alkanes of at least 4 members (excludes halogenated alkanes) is 4. The van der Waals surface area contributed by atoms with Crippen LogP contribution in [0.5, 0.6) is 0 Å². The fourth-order valence-corrected chi connectivity index (χ4v) is 2.84. The quantitative estimate of drug-likeness (QED) is 0.540. The normalized spacial score (nSPS) is 11.4. The second-order valence-corrected chi connectivity index (χ2v) is 6.13. The van der Waals surface area contributed by atoms with Crippen molar-refractivity contribution in [1.29, 1.82) is 0 Å². The molecule has 0 aliphatic heterocycles. The summed E-state index contributed by atoms with van der Waals surface area (Å²) in [5.41, 5.74) is 0.625. The Hall–Kier alpha value is -1.40. The van der Waals surface area contributed by atoms with E-state index in [1.54, 1.807) is 18.2 Å². The van der Waals surface area contributed by atoms with Crippen LogP contribution in [0.2, 0.25) is 0 Å². The van der Waals surface area contributed by atoms with Crippen LogP contribution < -0.4 is 0 Å². The third kappa shape index (κ3) is 6.16. The van der Waals surface area contributed by atoms with Crippen LogP contribution >= 0.6 is 0 Å². The lowest BCUT2D eigenvalue weighted by atomic mass is 10.0. The van der Waals surface area contributed by atoms with Gasteiger partial charge in [0.15, 0.2) is 0 Å². The van der Waals surface area contributed by atoms with Crippen molar-refractivity contribution in [3.8, 4) is 0 Å². The molecule has 112 valence electrons. The highest BCUT2D eigenvalue weighted by Gasteiger charge is 2.13. The van der Waals surface area contributed by atoms with Gasteiger partial charge in [0, 0.05) is 6.42 Å². The van der Waals surface area contributed by atoms with Gasteiger partial charge in [-0.1, -0.05) is 37.5 Å². The molecule has 0 aliphatic carbocycles. The van der Waals surface area contributed by atoms with E-state index in [2.05, 4.69) is 0 Å². The zero-order valence-electron chi connectivity index (χ0n) is 11.3. The molecule has 2 N–H and O–H groups in total. The molecule has 0 aromatic heterocycles. The number of hydrogen-bond donors (Lipinski definition) is 2. The molecule has 0 radical (unpaired) electrons. The Morgan fingerprint density at radius 2 is 1.60 bits per heavy atom. The van der Waals surface area contributed by atoms with Crippen LogP contribution in [0.1, 0.15) is 44.1 Å². The zero-order valence-corrected chi connectivity index (χ0v) is 12.1. The molecule has 20 heavy (non-hydrogen) atoms. The van der Waals surface area contributed by atoms with E-state index in [-0.39, 0.29) is 11.3 Å². The van der Waals surface area contributed by atoms with Crippen LogP contribution in [0.3, 0.4) is 0 Å². The molecular formula is C14H20O5S. The van der Waals surface area contributed by atoms with Crippen LogP contribution in [0, 0.1) is 0 Å². The fraction of sp³-hybridized carbons (Fsp3) is 0.500. The van der Waals surface area contributed by atoms with Crippen molar-refractivity contribution >= 4 is 16.1 Å². The first-order chi connectivity index (χ1) is 9.41. The Morgan fingerprint density at radius 1 is 1.00 bits per heavy atom. The van der Waals surface area contributed by atoms with Crippen molar-refractivity contribution in [2.45, 2.75) is 49.8 Å². The molecule has 0 unspecified atom stereocenters. The van der Waals surface area contributed by atoms with E-state index in [1.165, 1.54) is 6.07 Å². The number of aryl methyl sites for hydroxylation is 1. The summed E-state index contributed by atoms with van der Waals surface area (Å²) in [6.45, 7) is 0. The summed E-state index contributed by atoms with van der Waals surface area (Å²) in [6, 6.07) is 6.43. The van der Waals surface area contributed by atoms with Crippen LogP contribution in [-0.2, 0) is 21.3 Å². The third-order valence-electron chi connectivity index (χ3n) is 3.09. The number of rotatable bonds is 9. The number of hydrogen-bond acceptors (Lipinski definition) is 3. The SMILES string of the molecule is O=C(O)CCCCCCCc1ccccc1S(=O)(=O)O. The third-order valence-corrected chi connectivity index (χ3v) is 4.04. The van der Waals surface area contributed by atoms with E-state index in [0.717, 1.165) is 25.7 Å². The molecule has 1 aromatic rings. The Balaban J connectivity index is 2.34. The minimum atomic E-state index is -4.16. The van der Waals surface area contributed by atoms with Crippen LogP contribution in [0.25, 0.3) is 0 Å².